The van der Waals surface area contributed by atoms with Gasteiger partial charge >= 0.3 is 0 Å². The molecule has 14 heavy (non-hydrogen) atoms. The van der Waals surface area contributed by atoms with Crippen molar-refractivity contribution >= 4 is 11.3 Å². The minimum absolute atomic E-state index is 0.610. The van der Waals surface area contributed by atoms with E-state index in [1.54, 1.807) is 11.3 Å². The molecule has 0 spiro atoms. The van der Waals surface area contributed by atoms with E-state index in [-0.39, 0.29) is 0 Å². The van der Waals surface area contributed by atoms with Gasteiger partial charge in [-0.1, -0.05) is 0 Å². The summed E-state index contributed by atoms with van der Waals surface area (Å²) < 4.78 is 5.41. The molecular formula is C10H16N2OS. The fourth-order valence-corrected chi connectivity index (χ4v) is 2.24. The molecule has 1 fully saturated rings. The molecule has 3 nitrogen and oxygen atoms in total. The van der Waals surface area contributed by atoms with E-state index in [2.05, 4.69) is 15.7 Å². The lowest BCUT2D eigenvalue weighted by atomic mass is 10.1. The van der Waals surface area contributed by atoms with Gasteiger partial charge in [-0.25, -0.2) is 4.98 Å². The van der Waals surface area contributed by atoms with Crippen LogP contribution in [0.5, 0.6) is 0 Å². The standard InChI is InChI=1S/C10H16N2OS/c1-2-9(3-5-13-4-1)11-6-10-7-14-8-12-10/h7-9,11H,1-6H2. The quantitative estimate of drug-likeness (QED) is 0.829. The summed E-state index contributed by atoms with van der Waals surface area (Å²) in [4.78, 5) is 4.25. The molecule has 1 aromatic rings. The van der Waals surface area contributed by atoms with Crippen molar-refractivity contribution in [2.24, 2.45) is 0 Å². The molecule has 1 saturated heterocycles. The Kier molecular flexibility index (Phi) is 3.91. The first kappa shape index (κ1) is 10.1. The second-order valence-corrected chi connectivity index (χ2v) is 4.32. The molecular weight excluding hydrogens is 196 g/mol. The van der Waals surface area contributed by atoms with Gasteiger partial charge < -0.3 is 10.1 Å². The van der Waals surface area contributed by atoms with Crippen LogP contribution in [-0.2, 0) is 11.3 Å². The highest BCUT2D eigenvalue weighted by Crippen LogP contribution is 2.09. The number of thiazole rings is 1. The average Bonchev–Trinajstić information content (AvgIpc) is 2.58. The summed E-state index contributed by atoms with van der Waals surface area (Å²) in [6, 6.07) is 0.610. The zero-order valence-corrected chi connectivity index (χ0v) is 9.05. The monoisotopic (exact) mass is 212 g/mol. The zero-order chi connectivity index (χ0) is 9.64. The Morgan fingerprint density at radius 3 is 3.36 bits per heavy atom. The van der Waals surface area contributed by atoms with Gasteiger partial charge in [0.25, 0.3) is 0 Å². The maximum atomic E-state index is 5.41. The average molecular weight is 212 g/mol. The molecule has 0 saturated carbocycles. The van der Waals surface area contributed by atoms with E-state index < -0.39 is 0 Å². The number of rotatable bonds is 3. The third-order valence-corrected chi connectivity index (χ3v) is 3.14. The molecule has 0 aromatic carbocycles. The lowest BCUT2D eigenvalue weighted by Gasteiger charge is -2.14. The third kappa shape index (κ3) is 3.04. The van der Waals surface area contributed by atoms with Gasteiger partial charge in [0.15, 0.2) is 0 Å². The van der Waals surface area contributed by atoms with Crippen LogP contribution in [0, 0.1) is 0 Å². The first-order valence-electron chi connectivity index (χ1n) is 5.13. The Bertz CT molecular complexity index is 243. The van der Waals surface area contributed by atoms with Gasteiger partial charge in [0, 0.05) is 31.2 Å². The van der Waals surface area contributed by atoms with Crippen LogP contribution in [0.2, 0.25) is 0 Å². The van der Waals surface area contributed by atoms with E-state index in [0.717, 1.165) is 31.9 Å². The van der Waals surface area contributed by atoms with E-state index >= 15 is 0 Å². The molecule has 0 aliphatic carbocycles. The SMILES string of the molecule is c1nc(CNC2CCCOCC2)cs1. The van der Waals surface area contributed by atoms with Gasteiger partial charge in [0.05, 0.1) is 11.2 Å². The predicted octanol–water partition coefficient (Wildman–Crippen LogP) is 1.80. The maximum absolute atomic E-state index is 5.41. The molecule has 0 radical (unpaired) electrons. The van der Waals surface area contributed by atoms with E-state index in [1.165, 1.54) is 12.8 Å². The molecule has 1 N–H and O–H groups in total. The summed E-state index contributed by atoms with van der Waals surface area (Å²) >= 11 is 1.65. The normalized spacial score (nSPS) is 23.3. The van der Waals surface area contributed by atoms with Crippen molar-refractivity contribution in [3.63, 3.8) is 0 Å². The molecule has 1 unspecified atom stereocenters. The lowest BCUT2D eigenvalue weighted by Crippen LogP contribution is -2.28. The highest BCUT2D eigenvalue weighted by molar-refractivity contribution is 7.07. The van der Waals surface area contributed by atoms with Gasteiger partial charge in [-0.15, -0.1) is 11.3 Å². The summed E-state index contributed by atoms with van der Waals surface area (Å²) in [7, 11) is 0. The topological polar surface area (TPSA) is 34.2 Å². The highest BCUT2D eigenvalue weighted by Gasteiger charge is 2.11. The number of aromatic nitrogens is 1. The van der Waals surface area contributed by atoms with Crippen molar-refractivity contribution in [3.05, 3.63) is 16.6 Å². The van der Waals surface area contributed by atoms with Crippen molar-refractivity contribution in [2.75, 3.05) is 13.2 Å². The molecule has 78 valence electrons. The van der Waals surface area contributed by atoms with Crippen molar-refractivity contribution in [2.45, 2.75) is 31.8 Å². The number of ether oxygens (including phenoxy) is 1. The molecule has 1 aliphatic rings. The van der Waals surface area contributed by atoms with Gasteiger partial charge in [-0.2, -0.15) is 0 Å². The van der Waals surface area contributed by atoms with E-state index in [1.807, 2.05) is 5.51 Å². The van der Waals surface area contributed by atoms with Crippen LogP contribution < -0.4 is 5.32 Å². The number of hydrogen-bond acceptors (Lipinski definition) is 4. The molecule has 2 heterocycles. The second kappa shape index (κ2) is 5.44. The fraction of sp³-hybridized carbons (Fsp3) is 0.700. The van der Waals surface area contributed by atoms with Crippen LogP contribution in [0.4, 0.5) is 0 Å². The predicted molar refractivity (Wildman–Crippen MR) is 57.4 cm³/mol. The summed E-state index contributed by atoms with van der Waals surface area (Å²) in [5.41, 5.74) is 3.04. The Balaban J connectivity index is 1.73. The van der Waals surface area contributed by atoms with Crippen LogP contribution in [0.1, 0.15) is 25.0 Å². The highest BCUT2D eigenvalue weighted by atomic mass is 32.1. The molecule has 0 bridgehead atoms. The fourth-order valence-electron chi connectivity index (χ4n) is 1.68. The Morgan fingerprint density at radius 2 is 2.50 bits per heavy atom. The van der Waals surface area contributed by atoms with Crippen LogP contribution in [-0.4, -0.2) is 24.2 Å². The summed E-state index contributed by atoms with van der Waals surface area (Å²) in [5, 5.41) is 5.63. The molecule has 0 amide bonds. The van der Waals surface area contributed by atoms with E-state index in [9.17, 15) is 0 Å². The minimum atomic E-state index is 0.610. The Hall–Kier alpha value is -0.450. The van der Waals surface area contributed by atoms with Crippen LogP contribution in [0.25, 0.3) is 0 Å². The molecule has 1 atom stereocenters. The van der Waals surface area contributed by atoms with E-state index in [0.29, 0.717) is 6.04 Å². The van der Waals surface area contributed by atoms with Crippen LogP contribution in [0.3, 0.4) is 0 Å². The van der Waals surface area contributed by atoms with Gasteiger partial charge in [0.1, 0.15) is 0 Å². The Morgan fingerprint density at radius 1 is 1.50 bits per heavy atom. The van der Waals surface area contributed by atoms with Gasteiger partial charge in [-0.3, -0.25) is 0 Å². The lowest BCUT2D eigenvalue weighted by molar-refractivity contribution is 0.142. The van der Waals surface area contributed by atoms with Crippen molar-refractivity contribution in [1.82, 2.24) is 10.3 Å². The number of nitrogens with zero attached hydrogens (tertiary/aromatic N) is 1. The van der Waals surface area contributed by atoms with Crippen LogP contribution >= 0.6 is 11.3 Å². The minimum Gasteiger partial charge on any atom is -0.381 e. The smallest absolute Gasteiger partial charge is 0.0795 e. The maximum Gasteiger partial charge on any atom is 0.0795 e. The summed E-state index contributed by atoms with van der Waals surface area (Å²) in [6.07, 6.45) is 3.53. The number of nitrogens with one attached hydrogen (secondary N) is 1. The van der Waals surface area contributed by atoms with E-state index in [4.69, 9.17) is 4.74 Å². The zero-order valence-electron chi connectivity index (χ0n) is 8.24. The first-order valence-corrected chi connectivity index (χ1v) is 6.07. The largest absolute Gasteiger partial charge is 0.381 e. The Labute approximate surface area is 88.5 Å². The summed E-state index contributed by atoms with van der Waals surface area (Å²) in [5.74, 6) is 0. The molecule has 4 heteroatoms. The first-order chi connectivity index (χ1) is 6.95. The molecule has 2 rings (SSSR count). The molecule has 1 aliphatic heterocycles. The summed E-state index contributed by atoms with van der Waals surface area (Å²) in [6.45, 7) is 2.72. The second-order valence-electron chi connectivity index (χ2n) is 3.60. The number of hydrogen-bond donors (Lipinski definition) is 1. The van der Waals surface area contributed by atoms with Gasteiger partial charge in [0.2, 0.25) is 0 Å². The van der Waals surface area contributed by atoms with Crippen LogP contribution in [0.15, 0.2) is 10.9 Å². The molecule has 1 aromatic heterocycles. The van der Waals surface area contributed by atoms with Gasteiger partial charge in [-0.05, 0) is 19.3 Å². The van der Waals surface area contributed by atoms with Crippen molar-refractivity contribution in [3.8, 4) is 0 Å². The van der Waals surface area contributed by atoms with Crippen molar-refractivity contribution in [1.29, 1.82) is 0 Å². The third-order valence-electron chi connectivity index (χ3n) is 2.51. The van der Waals surface area contributed by atoms with Crippen molar-refractivity contribution < 1.29 is 4.74 Å².